The SMILES string of the molecule is CCCNC(C)c1csc(-c2ccc(Br)cc2)n1. The molecule has 0 saturated heterocycles. The summed E-state index contributed by atoms with van der Waals surface area (Å²) in [5.74, 6) is 0. The summed E-state index contributed by atoms with van der Waals surface area (Å²) in [6.45, 7) is 5.37. The van der Waals surface area contributed by atoms with Gasteiger partial charge < -0.3 is 5.32 Å². The van der Waals surface area contributed by atoms with E-state index in [1.165, 1.54) is 5.56 Å². The van der Waals surface area contributed by atoms with Gasteiger partial charge in [-0.3, -0.25) is 0 Å². The summed E-state index contributed by atoms with van der Waals surface area (Å²) in [6, 6.07) is 8.61. The van der Waals surface area contributed by atoms with E-state index in [4.69, 9.17) is 4.98 Å². The molecule has 2 nitrogen and oxygen atoms in total. The molecule has 0 spiro atoms. The van der Waals surface area contributed by atoms with Gasteiger partial charge >= 0.3 is 0 Å². The van der Waals surface area contributed by atoms with Crippen LogP contribution in [0.3, 0.4) is 0 Å². The summed E-state index contributed by atoms with van der Waals surface area (Å²) in [7, 11) is 0. The summed E-state index contributed by atoms with van der Waals surface area (Å²) in [5.41, 5.74) is 2.31. The molecule has 18 heavy (non-hydrogen) atoms. The van der Waals surface area contributed by atoms with E-state index in [9.17, 15) is 0 Å². The summed E-state index contributed by atoms with van der Waals surface area (Å²) in [5, 5.41) is 6.69. The van der Waals surface area contributed by atoms with Gasteiger partial charge in [0, 0.05) is 21.5 Å². The van der Waals surface area contributed by atoms with Crippen LogP contribution in [0.4, 0.5) is 0 Å². The Hall–Kier alpha value is -0.710. The second-order valence-corrected chi connectivity index (χ2v) is 6.03. The van der Waals surface area contributed by atoms with Gasteiger partial charge in [-0.25, -0.2) is 4.98 Å². The smallest absolute Gasteiger partial charge is 0.123 e. The molecule has 4 heteroatoms. The van der Waals surface area contributed by atoms with E-state index >= 15 is 0 Å². The van der Waals surface area contributed by atoms with Gasteiger partial charge in [0.05, 0.1) is 5.69 Å². The highest BCUT2D eigenvalue weighted by Crippen LogP contribution is 2.27. The minimum absolute atomic E-state index is 0.324. The Morgan fingerprint density at radius 2 is 2.06 bits per heavy atom. The Morgan fingerprint density at radius 3 is 2.72 bits per heavy atom. The van der Waals surface area contributed by atoms with Crippen molar-refractivity contribution in [3.05, 3.63) is 39.8 Å². The van der Waals surface area contributed by atoms with Crippen LogP contribution in [-0.2, 0) is 0 Å². The zero-order valence-corrected chi connectivity index (χ0v) is 13.0. The van der Waals surface area contributed by atoms with Crippen molar-refractivity contribution in [1.82, 2.24) is 10.3 Å². The second kappa shape index (κ2) is 6.45. The molecule has 0 fully saturated rings. The van der Waals surface area contributed by atoms with Crippen LogP contribution >= 0.6 is 27.3 Å². The number of halogens is 1. The van der Waals surface area contributed by atoms with Gasteiger partial charge in [-0.15, -0.1) is 11.3 Å². The number of thiazole rings is 1. The first kappa shape index (κ1) is 13.7. The number of aromatic nitrogens is 1. The highest BCUT2D eigenvalue weighted by atomic mass is 79.9. The molecule has 1 aromatic carbocycles. The summed E-state index contributed by atoms with van der Waals surface area (Å²) >= 11 is 5.15. The number of nitrogens with zero attached hydrogens (tertiary/aromatic N) is 1. The Balaban J connectivity index is 2.12. The predicted molar refractivity (Wildman–Crippen MR) is 82.0 cm³/mol. The van der Waals surface area contributed by atoms with Crippen molar-refractivity contribution >= 4 is 27.3 Å². The maximum Gasteiger partial charge on any atom is 0.123 e. The largest absolute Gasteiger partial charge is 0.309 e. The lowest BCUT2D eigenvalue weighted by Gasteiger charge is -2.09. The lowest BCUT2D eigenvalue weighted by atomic mass is 10.2. The van der Waals surface area contributed by atoms with Crippen LogP contribution in [0.1, 0.15) is 32.0 Å². The van der Waals surface area contributed by atoms with Gasteiger partial charge in [0.25, 0.3) is 0 Å². The number of nitrogens with one attached hydrogen (secondary N) is 1. The molecule has 2 aromatic rings. The summed E-state index contributed by atoms with van der Waals surface area (Å²) in [6.07, 6.45) is 1.15. The highest BCUT2D eigenvalue weighted by molar-refractivity contribution is 9.10. The maximum atomic E-state index is 4.70. The van der Waals surface area contributed by atoms with Crippen LogP contribution in [-0.4, -0.2) is 11.5 Å². The number of benzene rings is 1. The standard InChI is InChI=1S/C14H17BrN2S/c1-3-8-16-10(2)13-9-18-14(17-13)11-4-6-12(15)7-5-11/h4-7,9-10,16H,3,8H2,1-2H3. The van der Waals surface area contributed by atoms with Crippen molar-refractivity contribution < 1.29 is 0 Å². The van der Waals surface area contributed by atoms with Crippen LogP contribution < -0.4 is 5.32 Å². The topological polar surface area (TPSA) is 24.9 Å². The molecule has 2 rings (SSSR count). The highest BCUT2D eigenvalue weighted by Gasteiger charge is 2.10. The van der Waals surface area contributed by atoms with E-state index in [0.717, 1.165) is 28.1 Å². The van der Waals surface area contributed by atoms with E-state index in [2.05, 4.69) is 64.7 Å². The van der Waals surface area contributed by atoms with Crippen molar-refractivity contribution in [2.75, 3.05) is 6.54 Å². The lowest BCUT2D eigenvalue weighted by molar-refractivity contribution is 0.561. The molecular formula is C14H17BrN2S. The van der Waals surface area contributed by atoms with Gasteiger partial charge in [-0.2, -0.15) is 0 Å². The monoisotopic (exact) mass is 324 g/mol. The summed E-state index contributed by atoms with van der Waals surface area (Å²) in [4.78, 5) is 4.70. The van der Waals surface area contributed by atoms with Crippen LogP contribution in [0.2, 0.25) is 0 Å². The van der Waals surface area contributed by atoms with Crippen molar-refractivity contribution in [3.63, 3.8) is 0 Å². The molecule has 1 aromatic heterocycles. The van der Waals surface area contributed by atoms with Crippen LogP contribution in [0.15, 0.2) is 34.1 Å². The molecule has 96 valence electrons. The predicted octanol–water partition coefficient (Wildman–Crippen LogP) is 4.63. The Morgan fingerprint density at radius 1 is 1.33 bits per heavy atom. The van der Waals surface area contributed by atoms with E-state index in [-0.39, 0.29) is 0 Å². The number of rotatable bonds is 5. The van der Waals surface area contributed by atoms with E-state index in [1.807, 2.05) is 0 Å². The third-order valence-corrected chi connectivity index (χ3v) is 4.20. The quantitative estimate of drug-likeness (QED) is 0.867. The number of hydrogen-bond acceptors (Lipinski definition) is 3. The first-order chi connectivity index (χ1) is 8.70. The van der Waals surface area contributed by atoms with Gasteiger partial charge in [-0.1, -0.05) is 35.0 Å². The molecule has 0 aliphatic carbocycles. The average Bonchev–Trinajstić information content (AvgIpc) is 2.86. The molecule has 1 heterocycles. The fourth-order valence-electron chi connectivity index (χ4n) is 1.68. The average molecular weight is 325 g/mol. The maximum absolute atomic E-state index is 4.70. The molecule has 1 unspecified atom stereocenters. The Labute approximate surface area is 121 Å². The van der Waals surface area contributed by atoms with Crippen LogP contribution in [0.25, 0.3) is 10.6 Å². The lowest BCUT2D eigenvalue weighted by Crippen LogP contribution is -2.19. The normalized spacial score (nSPS) is 12.6. The molecule has 0 aliphatic heterocycles. The number of hydrogen-bond donors (Lipinski definition) is 1. The first-order valence-corrected chi connectivity index (χ1v) is 7.82. The summed E-state index contributed by atoms with van der Waals surface area (Å²) < 4.78 is 1.10. The van der Waals surface area contributed by atoms with Crippen molar-refractivity contribution in [1.29, 1.82) is 0 Å². The van der Waals surface area contributed by atoms with Crippen molar-refractivity contribution in [2.45, 2.75) is 26.3 Å². The van der Waals surface area contributed by atoms with Gasteiger partial charge in [0.1, 0.15) is 5.01 Å². The molecular weight excluding hydrogens is 308 g/mol. The van der Waals surface area contributed by atoms with Gasteiger partial charge in [-0.05, 0) is 32.0 Å². The van der Waals surface area contributed by atoms with E-state index in [0.29, 0.717) is 6.04 Å². The molecule has 0 radical (unpaired) electrons. The molecule has 1 atom stereocenters. The minimum atomic E-state index is 0.324. The zero-order chi connectivity index (χ0) is 13.0. The van der Waals surface area contributed by atoms with Crippen molar-refractivity contribution in [3.8, 4) is 10.6 Å². The molecule has 0 aliphatic rings. The van der Waals surface area contributed by atoms with E-state index in [1.54, 1.807) is 11.3 Å². The zero-order valence-electron chi connectivity index (χ0n) is 10.6. The Kier molecular flexibility index (Phi) is 4.92. The third-order valence-electron chi connectivity index (χ3n) is 2.76. The first-order valence-electron chi connectivity index (χ1n) is 6.15. The van der Waals surface area contributed by atoms with Crippen molar-refractivity contribution in [2.24, 2.45) is 0 Å². The fourth-order valence-corrected chi connectivity index (χ4v) is 2.86. The van der Waals surface area contributed by atoms with Gasteiger partial charge in [0.2, 0.25) is 0 Å². The third kappa shape index (κ3) is 3.40. The molecule has 0 saturated carbocycles. The Bertz CT molecular complexity index is 493. The van der Waals surface area contributed by atoms with Crippen LogP contribution in [0, 0.1) is 0 Å². The second-order valence-electron chi connectivity index (χ2n) is 4.26. The molecule has 0 bridgehead atoms. The van der Waals surface area contributed by atoms with E-state index < -0.39 is 0 Å². The molecule has 1 N–H and O–H groups in total. The minimum Gasteiger partial charge on any atom is -0.309 e. The van der Waals surface area contributed by atoms with Crippen LogP contribution in [0.5, 0.6) is 0 Å². The fraction of sp³-hybridized carbons (Fsp3) is 0.357. The molecule has 0 amide bonds. The van der Waals surface area contributed by atoms with Gasteiger partial charge in [0.15, 0.2) is 0 Å².